The van der Waals surface area contributed by atoms with Crippen molar-refractivity contribution in [2.45, 2.75) is 52.0 Å². The van der Waals surface area contributed by atoms with Gasteiger partial charge in [0.25, 0.3) is 0 Å². The number of rotatable bonds is 3. The van der Waals surface area contributed by atoms with Crippen molar-refractivity contribution in [3.05, 3.63) is 29.3 Å². The highest BCUT2D eigenvalue weighted by molar-refractivity contribution is 5.97. The van der Waals surface area contributed by atoms with E-state index < -0.39 is 0 Å². The second-order valence-electron chi connectivity index (χ2n) is 6.67. The van der Waals surface area contributed by atoms with Crippen LogP contribution in [0.15, 0.2) is 18.2 Å². The molecule has 3 rings (SSSR count). The maximum Gasteiger partial charge on any atom is 0.229 e. The first kappa shape index (κ1) is 15.1. The van der Waals surface area contributed by atoms with Crippen molar-refractivity contribution in [2.24, 2.45) is 5.92 Å². The standard InChI is InChI=1S/C18H24N2O2/c1-12-7-8-15(9-13(12)2)19-18(22)14-10-17(21)20(11-14)16-5-3-4-6-16/h7-9,14,16H,3-6,10-11H2,1-2H3,(H,19,22)/t14-/m1/s1. The van der Waals surface area contributed by atoms with Gasteiger partial charge in [0, 0.05) is 24.7 Å². The lowest BCUT2D eigenvalue weighted by Gasteiger charge is -2.23. The van der Waals surface area contributed by atoms with Crippen LogP contribution in [0.2, 0.25) is 0 Å². The molecule has 1 aliphatic heterocycles. The van der Waals surface area contributed by atoms with Gasteiger partial charge in [-0.05, 0) is 49.9 Å². The van der Waals surface area contributed by atoms with Crippen LogP contribution < -0.4 is 5.32 Å². The average Bonchev–Trinajstić information content (AvgIpc) is 3.12. The summed E-state index contributed by atoms with van der Waals surface area (Å²) in [5.41, 5.74) is 3.19. The second kappa shape index (κ2) is 6.11. The number of nitrogens with zero attached hydrogens (tertiary/aromatic N) is 1. The summed E-state index contributed by atoms with van der Waals surface area (Å²) in [5.74, 6) is -0.0982. The molecule has 1 N–H and O–H groups in total. The first-order chi connectivity index (χ1) is 10.5. The summed E-state index contributed by atoms with van der Waals surface area (Å²) < 4.78 is 0. The van der Waals surface area contributed by atoms with E-state index in [0.717, 1.165) is 24.1 Å². The molecule has 2 aliphatic rings. The first-order valence-corrected chi connectivity index (χ1v) is 8.22. The SMILES string of the molecule is Cc1ccc(NC(=O)[C@@H]2CC(=O)N(C3CCCC3)C2)cc1C. The topological polar surface area (TPSA) is 49.4 Å². The van der Waals surface area contributed by atoms with E-state index >= 15 is 0 Å². The molecule has 1 heterocycles. The van der Waals surface area contributed by atoms with E-state index in [1.165, 1.54) is 18.4 Å². The number of anilines is 1. The minimum atomic E-state index is -0.213. The zero-order valence-corrected chi connectivity index (χ0v) is 13.4. The van der Waals surface area contributed by atoms with E-state index in [1.807, 2.05) is 30.0 Å². The van der Waals surface area contributed by atoms with E-state index in [0.29, 0.717) is 19.0 Å². The molecule has 0 aromatic heterocycles. The molecule has 1 atom stereocenters. The summed E-state index contributed by atoms with van der Waals surface area (Å²) in [5, 5.41) is 2.97. The number of hydrogen-bond acceptors (Lipinski definition) is 2. The smallest absolute Gasteiger partial charge is 0.229 e. The maximum absolute atomic E-state index is 12.4. The van der Waals surface area contributed by atoms with Gasteiger partial charge < -0.3 is 10.2 Å². The molecule has 1 saturated carbocycles. The number of nitrogens with one attached hydrogen (secondary N) is 1. The molecule has 1 aromatic carbocycles. The van der Waals surface area contributed by atoms with E-state index in [2.05, 4.69) is 12.2 Å². The van der Waals surface area contributed by atoms with Gasteiger partial charge in [-0.1, -0.05) is 18.9 Å². The molecule has 1 aromatic rings. The summed E-state index contributed by atoms with van der Waals surface area (Å²) in [7, 11) is 0. The van der Waals surface area contributed by atoms with Crippen LogP contribution in [0.25, 0.3) is 0 Å². The van der Waals surface area contributed by atoms with E-state index in [9.17, 15) is 9.59 Å². The lowest BCUT2D eigenvalue weighted by atomic mass is 10.1. The van der Waals surface area contributed by atoms with Gasteiger partial charge in [-0.15, -0.1) is 0 Å². The Labute approximate surface area is 131 Å². The predicted molar refractivity (Wildman–Crippen MR) is 86.6 cm³/mol. The number of carbonyl (C=O) groups excluding carboxylic acids is 2. The molecule has 2 amide bonds. The summed E-state index contributed by atoms with van der Waals surface area (Å²) in [4.78, 5) is 26.5. The van der Waals surface area contributed by atoms with Gasteiger partial charge in [-0.3, -0.25) is 9.59 Å². The fourth-order valence-corrected chi connectivity index (χ4v) is 3.54. The lowest BCUT2D eigenvalue weighted by Crippen LogP contribution is -2.35. The monoisotopic (exact) mass is 300 g/mol. The van der Waals surface area contributed by atoms with Crippen molar-refractivity contribution < 1.29 is 9.59 Å². The average molecular weight is 300 g/mol. The number of benzene rings is 1. The van der Waals surface area contributed by atoms with Crippen molar-refractivity contribution in [2.75, 3.05) is 11.9 Å². The highest BCUT2D eigenvalue weighted by Gasteiger charge is 2.38. The zero-order valence-electron chi connectivity index (χ0n) is 13.4. The minimum absolute atomic E-state index is 0.0305. The molecule has 0 bridgehead atoms. The van der Waals surface area contributed by atoms with Gasteiger partial charge in [0.1, 0.15) is 0 Å². The highest BCUT2D eigenvalue weighted by atomic mass is 16.2. The fraction of sp³-hybridized carbons (Fsp3) is 0.556. The molecule has 2 fully saturated rings. The first-order valence-electron chi connectivity index (χ1n) is 8.22. The highest BCUT2D eigenvalue weighted by Crippen LogP contribution is 2.30. The zero-order chi connectivity index (χ0) is 15.7. The van der Waals surface area contributed by atoms with Gasteiger partial charge in [-0.2, -0.15) is 0 Å². The van der Waals surface area contributed by atoms with E-state index in [-0.39, 0.29) is 17.7 Å². The van der Waals surface area contributed by atoms with E-state index in [4.69, 9.17) is 0 Å². The van der Waals surface area contributed by atoms with Crippen molar-refractivity contribution in [3.8, 4) is 0 Å². The van der Waals surface area contributed by atoms with Crippen LogP contribution in [0.1, 0.15) is 43.2 Å². The third-order valence-corrected chi connectivity index (χ3v) is 5.07. The third kappa shape index (κ3) is 3.01. The van der Waals surface area contributed by atoms with Crippen LogP contribution in [0.4, 0.5) is 5.69 Å². The minimum Gasteiger partial charge on any atom is -0.339 e. The molecule has 1 saturated heterocycles. The Kier molecular flexibility index (Phi) is 4.19. The largest absolute Gasteiger partial charge is 0.339 e. The summed E-state index contributed by atoms with van der Waals surface area (Å²) in [6.45, 7) is 4.67. The van der Waals surface area contributed by atoms with Gasteiger partial charge in [0.2, 0.25) is 11.8 Å². The normalized spacial score (nSPS) is 22.4. The summed E-state index contributed by atoms with van der Waals surface area (Å²) in [6, 6.07) is 6.28. The van der Waals surface area contributed by atoms with Gasteiger partial charge in [-0.25, -0.2) is 0 Å². The quantitative estimate of drug-likeness (QED) is 0.933. The van der Waals surface area contributed by atoms with Crippen molar-refractivity contribution >= 4 is 17.5 Å². The van der Waals surface area contributed by atoms with Gasteiger partial charge >= 0.3 is 0 Å². The Bertz CT molecular complexity index is 591. The molecule has 0 unspecified atom stereocenters. The van der Waals surface area contributed by atoms with Crippen LogP contribution in [0.3, 0.4) is 0 Å². The van der Waals surface area contributed by atoms with Crippen LogP contribution in [0.5, 0.6) is 0 Å². The van der Waals surface area contributed by atoms with Crippen LogP contribution >= 0.6 is 0 Å². The molecule has 4 nitrogen and oxygen atoms in total. The number of likely N-dealkylation sites (tertiary alicyclic amines) is 1. The Morgan fingerprint density at radius 3 is 2.59 bits per heavy atom. The van der Waals surface area contributed by atoms with Gasteiger partial charge in [0.05, 0.1) is 5.92 Å². The van der Waals surface area contributed by atoms with Crippen LogP contribution in [-0.2, 0) is 9.59 Å². The molecule has 118 valence electrons. The summed E-state index contributed by atoms with van der Waals surface area (Å²) >= 11 is 0. The third-order valence-electron chi connectivity index (χ3n) is 5.07. The van der Waals surface area contributed by atoms with Crippen molar-refractivity contribution in [1.29, 1.82) is 0 Å². The molecular formula is C18H24N2O2. The molecular weight excluding hydrogens is 276 g/mol. The Morgan fingerprint density at radius 1 is 1.18 bits per heavy atom. The predicted octanol–water partition coefficient (Wildman–Crippen LogP) is 3.03. The van der Waals surface area contributed by atoms with E-state index in [1.54, 1.807) is 0 Å². The molecule has 22 heavy (non-hydrogen) atoms. The molecule has 4 heteroatoms. The number of carbonyl (C=O) groups is 2. The van der Waals surface area contributed by atoms with Crippen LogP contribution in [-0.4, -0.2) is 29.3 Å². The molecule has 0 radical (unpaired) electrons. The number of amides is 2. The second-order valence-corrected chi connectivity index (χ2v) is 6.67. The Balaban J connectivity index is 1.63. The lowest BCUT2D eigenvalue weighted by molar-refractivity contribution is -0.129. The molecule has 1 aliphatic carbocycles. The Morgan fingerprint density at radius 2 is 1.91 bits per heavy atom. The Hall–Kier alpha value is -1.84. The fourth-order valence-electron chi connectivity index (χ4n) is 3.54. The summed E-state index contributed by atoms with van der Waals surface area (Å²) in [6.07, 6.45) is 4.95. The number of hydrogen-bond donors (Lipinski definition) is 1. The van der Waals surface area contributed by atoms with Crippen LogP contribution in [0, 0.1) is 19.8 Å². The molecule has 0 spiro atoms. The van der Waals surface area contributed by atoms with Crippen molar-refractivity contribution in [3.63, 3.8) is 0 Å². The maximum atomic E-state index is 12.4. The number of aryl methyl sites for hydroxylation is 2. The van der Waals surface area contributed by atoms with Crippen molar-refractivity contribution in [1.82, 2.24) is 4.90 Å². The van der Waals surface area contributed by atoms with Gasteiger partial charge in [0.15, 0.2) is 0 Å².